The van der Waals surface area contributed by atoms with Gasteiger partial charge in [0.1, 0.15) is 5.82 Å². The Morgan fingerprint density at radius 2 is 1.71 bits per heavy atom. The molecule has 0 unspecified atom stereocenters. The zero-order valence-electron chi connectivity index (χ0n) is 16.5. The van der Waals surface area contributed by atoms with Gasteiger partial charge < -0.3 is 15.4 Å². The quantitative estimate of drug-likeness (QED) is 0.607. The first-order chi connectivity index (χ1) is 13.3. The van der Waals surface area contributed by atoms with Crippen molar-refractivity contribution in [3.05, 3.63) is 71.9 Å². The molecule has 1 aromatic heterocycles. The van der Waals surface area contributed by atoms with Gasteiger partial charge in [0.2, 0.25) is 5.95 Å². The minimum atomic E-state index is -0.390. The SMILES string of the molecule is COC(=O)c1cccc(Nc2nccc(Nc3ccc(C(C)(C)C)cc3)n2)c1. The van der Waals surface area contributed by atoms with E-state index >= 15 is 0 Å². The van der Waals surface area contributed by atoms with Crippen molar-refractivity contribution in [3.8, 4) is 0 Å². The summed E-state index contributed by atoms with van der Waals surface area (Å²) in [7, 11) is 1.36. The van der Waals surface area contributed by atoms with Crippen LogP contribution in [0.1, 0.15) is 36.7 Å². The average molecular weight is 376 g/mol. The zero-order chi connectivity index (χ0) is 20.1. The Bertz CT molecular complexity index is 963. The molecule has 2 N–H and O–H groups in total. The van der Waals surface area contributed by atoms with E-state index in [1.165, 1.54) is 12.7 Å². The third kappa shape index (κ3) is 4.85. The lowest BCUT2D eigenvalue weighted by molar-refractivity contribution is 0.0601. The van der Waals surface area contributed by atoms with E-state index in [4.69, 9.17) is 4.74 Å². The normalized spacial score (nSPS) is 11.0. The number of carbonyl (C=O) groups is 1. The number of nitrogens with zero attached hydrogens (tertiary/aromatic N) is 2. The van der Waals surface area contributed by atoms with Crippen LogP contribution in [0, 0.1) is 0 Å². The number of carbonyl (C=O) groups excluding carboxylic acids is 1. The minimum absolute atomic E-state index is 0.114. The van der Waals surface area contributed by atoms with E-state index in [-0.39, 0.29) is 5.41 Å². The van der Waals surface area contributed by atoms with Crippen LogP contribution in [-0.4, -0.2) is 23.0 Å². The fraction of sp³-hybridized carbons (Fsp3) is 0.227. The van der Waals surface area contributed by atoms with E-state index in [1.54, 1.807) is 30.5 Å². The van der Waals surface area contributed by atoms with Crippen LogP contribution in [0.4, 0.5) is 23.1 Å². The highest BCUT2D eigenvalue weighted by Gasteiger charge is 2.13. The molecule has 6 heteroatoms. The molecule has 0 aliphatic rings. The molecule has 3 aromatic rings. The van der Waals surface area contributed by atoms with Gasteiger partial charge in [-0.05, 0) is 47.4 Å². The summed E-state index contributed by atoms with van der Waals surface area (Å²) >= 11 is 0. The van der Waals surface area contributed by atoms with Crippen molar-refractivity contribution >= 4 is 29.1 Å². The number of esters is 1. The van der Waals surface area contributed by atoms with Gasteiger partial charge in [0, 0.05) is 17.6 Å². The second-order valence-electron chi connectivity index (χ2n) is 7.42. The molecule has 144 valence electrons. The summed E-state index contributed by atoms with van der Waals surface area (Å²) in [6.07, 6.45) is 1.67. The second kappa shape index (κ2) is 8.08. The van der Waals surface area contributed by atoms with Gasteiger partial charge in [-0.2, -0.15) is 4.98 Å². The molecule has 1 heterocycles. The first-order valence-electron chi connectivity index (χ1n) is 9.01. The summed E-state index contributed by atoms with van der Waals surface area (Å²) in [6.45, 7) is 6.56. The molecule has 0 saturated carbocycles. The Morgan fingerprint density at radius 3 is 2.39 bits per heavy atom. The maximum Gasteiger partial charge on any atom is 0.337 e. The van der Waals surface area contributed by atoms with Crippen LogP contribution in [-0.2, 0) is 10.2 Å². The molecule has 0 atom stereocenters. The molecule has 0 amide bonds. The van der Waals surface area contributed by atoms with Crippen LogP contribution in [0.15, 0.2) is 60.8 Å². The summed E-state index contributed by atoms with van der Waals surface area (Å²) in [5.74, 6) is 0.710. The number of rotatable bonds is 5. The van der Waals surface area contributed by atoms with Gasteiger partial charge in [0.25, 0.3) is 0 Å². The van der Waals surface area contributed by atoms with Crippen LogP contribution < -0.4 is 10.6 Å². The first-order valence-corrected chi connectivity index (χ1v) is 9.01. The van der Waals surface area contributed by atoms with Crippen LogP contribution >= 0.6 is 0 Å². The van der Waals surface area contributed by atoms with E-state index in [9.17, 15) is 4.79 Å². The van der Waals surface area contributed by atoms with E-state index in [1.807, 2.05) is 18.2 Å². The van der Waals surface area contributed by atoms with Crippen molar-refractivity contribution in [2.24, 2.45) is 0 Å². The molecular formula is C22H24N4O2. The Hall–Kier alpha value is -3.41. The van der Waals surface area contributed by atoms with Gasteiger partial charge in [0.15, 0.2) is 0 Å². The van der Waals surface area contributed by atoms with Crippen LogP contribution in [0.25, 0.3) is 0 Å². The maximum absolute atomic E-state index is 11.7. The molecule has 0 spiro atoms. The van der Waals surface area contributed by atoms with Crippen LogP contribution in [0.2, 0.25) is 0 Å². The monoisotopic (exact) mass is 376 g/mol. The number of hydrogen-bond acceptors (Lipinski definition) is 6. The third-order valence-electron chi connectivity index (χ3n) is 4.22. The largest absolute Gasteiger partial charge is 0.465 e. The number of methoxy groups -OCH3 is 1. The molecule has 0 radical (unpaired) electrons. The van der Waals surface area contributed by atoms with E-state index in [2.05, 4.69) is 53.5 Å². The number of benzene rings is 2. The molecule has 0 fully saturated rings. The number of hydrogen-bond donors (Lipinski definition) is 2. The van der Waals surface area contributed by atoms with E-state index in [0.717, 1.165) is 5.69 Å². The van der Waals surface area contributed by atoms with Gasteiger partial charge in [-0.3, -0.25) is 0 Å². The number of ether oxygens (including phenoxy) is 1. The summed E-state index contributed by atoms with van der Waals surface area (Å²) in [5, 5.41) is 6.39. The van der Waals surface area contributed by atoms with Crippen molar-refractivity contribution in [1.82, 2.24) is 9.97 Å². The van der Waals surface area contributed by atoms with Gasteiger partial charge in [0.05, 0.1) is 12.7 Å². The van der Waals surface area contributed by atoms with Gasteiger partial charge in [-0.15, -0.1) is 0 Å². The molecule has 28 heavy (non-hydrogen) atoms. The predicted molar refractivity (Wildman–Crippen MR) is 112 cm³/mol. The van der Waals surface area contributed by atoms with Crippen LogP contribution in [0.3, 0.4) is 0 Å². The molecule has 2 aromatic carbocycles. The lowest BCUT2D eigenvalue weighted by Crippen LogP contribution is -2.10. The molecule has 0 aliphatic carbocycles. The summed E-state index contributed by atoms with van der Waals surface area (Å²) in [4.78, 5) is 20.4. The van der Waals surface area contributed by atoms with Gasteiger partial charge in [-0.25, -0.2) is 9.78 Å². The Morgan fingerprint density at radius 1 is 0.964 bits per heavy atom. The highest BCUT2D eigenvalue weighted by molar-refractivity contribution is 5.90. The van der Waals surface area contributed by atoms with E-state index in [0.29, 0.717) is 23.0 Å². The standard InChI is InChI=1S/C22H24N4O2/c1-22(2,3)16-8-10-17(11-9-16)24-19-12-13-23-21(26-19)25-18-7-5-6-15(14-18)20(27)28-4/h5-14H,1-4H3,(H2,23,24,25,26). The molecule has 0 aliphatic heterocycles. The number of aromatic nitrogens is 2. The maximum atomic E-state index is 11.7. The highest BCUT2D eigenvalue weighted by atomic mass is 16.5. The third-order valence-corrected chi connectivity index (χ3v) is 4.22. The summed E-state index contributed by atoms with van der Waals surface area (Å²) in [5.41, 5.74) is 3.50. The predicted octanol–water partition coefficient (Wildman–Crippen LogP) is 5.05. The molecule has 6 nitrogen and oxygen atoms in total. The van der Waals surface area contributed by atoms with Crippen molar-refractivity contribution in [2.45, 2.75) is 26.2 Å². The highest BCUT2D eigenvalue weighted by Crippen LogP contribution is 2.25. The Labute approximate surface area is 165 Å². The second-order valence-corrected chi connectivity index (χ2v) is 7.42. The van der Waals surface area contributed by atoms with Crippen molar-refractivity contribution < 1.29 is 9.53 Å². The van der Waals surface area contributed by atoms with Gasteiger partial charge >= 0.3 is 5.97 Å². The first kappa shape index (κ1) is 19.4. The number of anilines is 4. The Kier molecular flexibility index (Phi) is 5.59. The minimum Gasteiger partial charge on any atom is -0.465 e. The molecule has 3 rings (SSSR count). The fourth-order valence-corrected chi connectivity index (χ4v) is 2.66. The molecule has 0 saturated heterocycles. The lowest BCUT2D eigenvalue weighted by Gasteiger charge is -2.19. The fourth-order valence-electron chi connectivity index (χ4n) is 2.66. The zero-order valence-corrected chi connectivity index (χ0v) is 16.5. The average Bonchev–Trinajstić information content (AvgIpc) is 2.67. The summed E-state index contributed by atoms with van der Waals surface area (Å²) in [6, 6.07) is 17.1. The molecular weight excluding hydrogens is 352 g/mol. The van der Waals surface area contributed by atoms with Crippen LogP contribution in [0.5, 0.6) is 0 Å². The van der Waals surface area contributed by atoms with E-state index < -0.39 is 5.97 Å². The Balaban J connectivity index is 1.73. The smallest absolute Gasteiger partial charge is 0.337 e. The lowest BCUT2D eigenvalue weighted by atomic mass is 9.87. The van der Waals surface area contributed by atoms with Crippen molar-refractivity contribution in [2.75, 3.05) is 17.7 Å². The van der Waals surface area contributed by atoms with Crippen molar-refractivity contribution in [3.63, 3.8) is 0 Å². The number of nitrogens with one attached hydrogen (secondary N) is 2. The van der Waals surface area contributed by atoms with Crippen molar-refractivity contribution in [1.29, 1.82) is 0 Å². The summed E-state index contributed by atoms with van der Waals surface area (Å²) < 4.78 is 4.75. The molecule has 0 bridgehead atoms. The van der Waals surface area contributed by atoms with Gasteiger partial charge in [-0.1, -0.05) is 39.0 Å². The topological polar surface area (TPSA) is 76.1 Å².